The monoisotopic (exact) mass is 263 g/mol. The van der Waals surface area contributed by atoms with Crippen molar-refractivity contribution in [1.82, 2.24) is 10.2 Å². The van der Waals surface area contributed by atoms with Crippen molar-refractivity contribution >= 4 is 17.4 Å². The maximum absolute atomic E-state index is 6.13. The van der Waals surface area contributed by atoms with Crippen LogP contribution in [0.15, 0.2) is 24.3 Å². The van der Waals surface area contributed by atoms with Gasteiger partial charge in [0.25, 0.3) is 0 Å². The summed E-state index contributed by atoms with van der Waals surface area (Å²) in [7, 11) is 0. The minimum Gasteiger partial charge on any atom is -0.492 e. The van der Waals surface area contributed by atoms with Crippen LogP contribution in [0.1, 0.15) is 12.5 Å². The highest BCUT2D eigenvalue weighted by Gasteiger charge is 2.07. The van der Waals surface area contributed by atoms with Gasteiger partial charge in [0, 0.05) is 5.56 Å². The number of benzene rings is 1. The first-order valence-corrected chi connectivity index (χ1v) is 6.02. The molecule has 0 aliphatic heterocycles. The number of hydrogen-bond acceptors (Lipinski definition) is 4. The van der Waals surface area contributed by atoms with Crippen molar-refractivity contribution in [2.45, 2.75) is 13.8 Å². The second-order valence-corrected chi connectivity index (χ2v) is 4.28. The molecule has 5 heteroatoms. The van der Waals surface area contributed by atoms with Gasteiger partial charge in [-0.15, -0.1) is 10.2 Å². The molecule has 0 fully saturated rings. The van der Waals surface area contributed by atoms with Crippen molar-refractivity contribution in [3.05, 3.63) is 34.9 Å². The molecule has 2 rings (SSSR count). The molecule has 0 amide bonds. The highest BCUT2D eigenvalue weighted by molar-refractivity contribution is 6.32. The van der Waals surface area contributed by atoms with Gasteiger partial charge in [-0.25, -0.2) is 0 Å². The van der Waals surface area contributed by atoms with E-state index in [9.17, 15) is 0 Å². The van der Waals surface area contributed by atoms with Crippen LogP contribution in [-0.4, -0.2) is 16.8 Å². The van der Waals surface area contributed by atoms with Gasteiger partial charge in [-0.3, -0.25) is 0 Å². The van der Waals surface area contributed by atoms with E-state index < -0.39 is 0 Å². The van der Waals surface area contributed by atoms with Crippen LogP contribution >= 0.6 is 11.6 Å². The van der Waals surface area contributed by atoms with Gasteiger partial charge in [0.15, 0.2) is 0 Å². The number of aromatic nitrogens is 2. The lowest BCUT2D eigenvalue weighted by Gasteiger charge is -2.08. The first-order valence-electron chi connectivity index (χ1n) is 5.64. The fraction of sp³-hybridized carbons (Fsp3) is 0.231. The van der Waals surface area contributed by atoms with Gasteiger partial charge >= 0.3 is 0 Å². The summed E-state index contributed by atoms with van der Waals surface area (Å²) < 4.78 is 5.38. The van der Waals surface area contributed by atoms with Crippen molar-refractivity contribution in [3.8, 4) is 17.0 Å². The second-order valence-electron chi connectivity index (χ2n) is 3.88. The minimum absolute atomic E-state index is 0.441. The maximum Gasteiger partial charge on any atom is 0.149 e. The van der Waals surface area contributed by atoms with Gasteiger partial charge in [0.2, 0.25) is 0 Å². The Kier molecular flexibility index (Phi) is 3.67. The summed E-state index contributed by atoms with van der Waals surface area (Å²) in [5.41, 5.74) is 8.16. The smallest absolute Gasteiger partial charge is 0.149 e. The number of hydrogen-bond donors (Lipinski definition) is 1. The van der Waals surface area contributed by atoms with Gasteiger partial charge in [0.1, 0.15) is 11.6 Å². The van der Waals surface area contributed by atoms with E-state index in [0.29, 0.717) is 23.2 Å². The Balaban J connectivity index is 2.39. The predicted molar refractivity (Wildman–Crippen MR) is 72.8 cm³/mol. The Morgan fingerprint density at radius 1 is 1.28 bits per heavy atom. The van der Waals surface area contributed by atoms with Gasteiger partial charge in [-0.2, -0.15) is 0 Å². The fourth-order valence-electron chi connectivity index (χ4n) is 1.57. The molecule has 0 aliphatic rings. The maximum atomic E-state index is 6.13. The summed E-state index contributed by atoms with van der Waals surface area (Å²) in [5.74, 6) is 1.11. The van der Waals surface area contributed by atoms with Gasteiger partial charge in [-0.05, 0) is 43.7 Å². The lowest BCUT2D eigenvalue weighted by atomic mass is 10.1. The molecule has 0 saturated carbocycles. The molecule has 2 N–H and O–H groups in total. The normalized spacial score (nSPS) is 10.4. The van der Waals surface area contributed by atoms with Crippen LogP contribution in [0.4, 0.5) is 5.82 Å². The predicted octanol–water partition coefficient (Wildman–Crippen LogP) is 3.09. The molecule has 0 spiro atoms. The molecule has 4 nitrogen and oxygen atoms in total. The number of aryl methyl sites for hydroxylation is 1. The fourth-order valence-corrected chi connectivity index (χ4v) is 1.80. The highest BCUT2D eigenvalue weighted by atomic mass is 35.5. The number of halogens is 1. The molecule has 0 unspecified atom stereocenters. The molecule has 1 heterocycles. The SMILES string of the molecule is CCOc1ccc(-c2cc(C)c(N)nn2)cc1Cl. The Labute approximate surface area is 111 Å². The molecule has 94 valence electrons. The van der Waals surface area contributed by atoms with Crippen molar-refractivity contribution in [2.75, 3.05) is 12.3 Å². The van der Waals surface area contributed by atoms with E-state index in [2.05, 4.69) is 10.2 Å². The topological polar surface area (TPSA) is 61.0 Å². The molecule has 0 bridgehead atoms. The number of nitrogen functional groups attached to an aromatic ring is 1. The lowest BCUT2D eigenvalue weighted by molar-refractivity contribution is 0.340. The summed E-state index contributed by atoms with van der Waals surface area (Å²) in [4.78, 5) is 0. The van der Waals surface area contributed by atoms with Gasteiger partial charge in [-0.1, -0.05) is 11.6 Å². The third-order valence-corrected chi connectivity index (χ3v) is 2.85. The quantitative estimate of drug-likeness (QED) is 0.924. The average Bonchev–Trinajstić information content (AvgIpc) is 2.35. The van der Waals surface area contributed by atoms with Crippen molar-refractivity contribution < 1.29 is 4.74 Å². The zero-order valence-electron chi connectivity index (χ0n) is 10.3. The summed E-state index contributed by atoms with van der Waals surface area (Å²) in [6, 6.07) is 7.42. The van der Waals surface area contributed by atoms with Crippen LogP contribution in [0.3, 0.4) is 0 Å². The lowest BCUT2D eigenvalue weighted by Crippen LogP contribution is -1.98. The van der Waals surface area contributed by atoms with E-state index in [-0.39, 0.29) is 0 Å². The van der Waals surface area contributed by atoms with Crippen LogP contribution in [0, 0.1) is 6.92 Å². The highest BCUT2D eigenvalue weighted by Crippen LogP contribution is 2.30. The van der Waals surface area contributed by atoms with E-state index >= 15 is 0 Å². The third kappa shape index (κ3) is 2.54. The average molecular weight is 264 g/mol. The van der Waals surface area contributed by atoms with E-state index in [1.54, 1.807) is 0 Å². The molecule has 18 heavy (non-hydrogen) atoms. The second kappa shape index (κ2) is 5.23. The first-order chi connectivity index (χ1) is 8.61. The van der Waals surface area contributed by atoms with Crippen molar-refractivity contribution in [1.29, 1.82) is 0 Å². The van der Waals surface area contributed by atoms with Crippen LogP contribution in [0.25, 0.3) is 11.3 Å². The summed E-state index contributed by atoms with van der Waals surface area (Å²) in [6.45, 7) is 4.39. The zero-order valence-corrected chi connectivity index (χ0v) is 11.0. The molecule has 0 aliphatic carbocycles. The van der Waals surface area contributed by atoms with Crippen molar-refractivity contribution in [2.24, 2.45) is 0 Å². The molecule has 1 aromatic carbocycles. The van der Waals surface area contributed by atoms with Crippen LogP contribution < -0.4 is 10.5 Å². The number of anilines is 1. The van der Waals surface area contributed by atoms with E-state index in [0.717, 1.165) is 16.8 Å². The number of nitrogens with zero attached hydrogens (tertiary/aromatic N) is 2. The molecule has 0 atom stereocenters. The Hall–Kier alpha value is -1.81. The largest absolute Gasteiger partial charge is 0.492 e. The summed E-state index contributed by atoms with van der Waals surface area (Å²) in [6.07, 6.45) is 0. The van der Waals surface area contributed by atoms with Gasteiger partial charge in [0.05, 0.1) is 17.3 Å². The van der Waals surface area contributed by atoms with E-state index in [1.165, 1.54) is 0 Å². The minimum atomic E-state index is 0.441. The molecule has 0 saturated heterocycles. The van der Waals surface area contributed by atoms with Crippen LogP contribution in [0.5, 0.6) is 5.75 Å². The number of nitrogens with two attached hydrogens (primary N) is 1. The van der Waals surface area contributed by atoms with Crippen LogP contribution in [0.2, 0.25) is 5.02 Å². The zero-order chi connectivity index (χ0) is 13.1. The number of ether oxygens (including phenoxy) is 1. The molecular formula is C13H14ClN3O. The summed E-state index contributed by atoms with van der Waals surface area (Å²) >= 11 is 6.13. The Bertz CT molecular complexity index is 572. The standard InChI is InChI=1S/C13H14ClN3O/c1-3-18-12-5-4-9(7-10(12)14)11-6-8(2)13(15)17-16-11/h4-7H,3H2,1-2H3,(H2,15,17). The Morgan fingerprint density at radius 3 is 2.67 bits per heavy atom. The molecular weight excluding hydrogens is 250 g/mol. The molecule has 0 radical (unpaired) electrons. The van der Waals surface area contributed by atoms with E-state index in [1.807, 2.05) is 38.1 Å². The molecule has 2 aromatic rings. The Morgan fingerprint density at radius 2 is 2.06 bits per heavy atom. The van der Waals surface area contributed by atoms with Crippen molar-refractivity contribution in [3.63, 3.8) is 0 Å². The van der Waals surface area contributed by atoms with E-state index in [4.69, 9.17) is 22.1 Å². The summed E-state index contributed by atoms with van der Waals surface area (Å²) in [5, 5.41) is 8.51. The molecule has 1 aromatic heterocycles. The number of rotatable bonds is 3. The van der Waals surface area contributed by atoms with Crippen LogP contribution in [-0.2, 0) is 0 Å². The third-order valence-electron chi connectivity index (χ3n) is 2.55. The first kappa shape index (κ1) is 12.6. The van der Waals surface area contributed by atoms with Gasteiger partial charge < -0.3 is 10.5 Å².